The Morgan fingerprint density at radius 3 is 2.74 bits per heavy atom. The van der Waals surface area contributed by atoms with Gasteiger partial charge in [0.25, 0.3) is 5.91 Å². The maximum atomic E-state index is 12.2. The summed E-state index contributed by atoms with van der Waals surface area (Å²) in [5, 5.41) is 2.90. The van der Waals surface area contributed by atoms with Crippen LogP contribution in [0.25, 0.3) is 0 Å². The van der Waals surface area contributed by atoms with Crippen molar-refractivity contribution in [3.63, 3.8) is 0 Å². The minimum Gasteiger partial charge on any atom is -0.357 e. The zero-order valence-electron chi connectivity index (χ0n) is 12.8. The predicted molar refractivity (Wildman–Crippen MR) is 98.4 cm³/mol. The number of hydrogen-bond acceptors (Lipinski definition) is 4. The number of benzene rings is 1. The number of carbonyl (C=O) groups is 1. The van der Waals surface area contributed by atoms with Gasteiger partial charge < -0.3 is 10.2 Å². The Morgan fingerprint density at radius 1 is 1.17 bits per heavy atom. The van der Waals surface area contributed by atoms with Crippen molar-refractivity contribution in [1.29, 1.82) is 0 Å². The van der Waals surface area contributed by atoms with Crippen molar-refractivity contribution in [1.82, 2.24) is 15.3 Å². The average molecular weight is 422 g/mol. The molecule has 0 aliphatic carbocycles. The second-order valence-electron chi connectivity index (χ2n) is 5.54. The van der Waals surface area contributed by atoms with Crippen LogP contribution in [0.3, 0.4) is 0 Å². The molecule has 1 aliphatic heterocycles. The summed E-state index contributed by atoms with van der Waals surface area (Å²) in [7, 11) is 0. The summed E-state index contributed by atoms with van der Waals surface area (Å²) in [6.45, 7) is 2.43. The molecule has 1 amide bonds. The Hall–Kier alpha value is -1.70. The number of halogens is 1. The van der Waals surface area contributed by atoms with E-state index in [9.17, 15) is 4.79 Å². The molecule has 120 valence electrons. The molecule has 1 aliphatic rings. The third-order valence-electron chi connectivity index (χ3n) is 3.90. The number of hydrogen-bond donors (Lipinski definition) is 1. The first-order valence-electron chi connectivity index (χ1n) is 7.83. The second-order valence-corrected chi connectivity index (χ2v) is 6.70. The van der Waals surface area contributed by atoms with E-state index in [2.05, 4.69) is 42.8 Å². The lowest BCUT2D eigenvalue weighted by Gasteiger charge is -2.27. The third-order valence-corrected chi connectivity index (χ3v) is 4.84. The molecule has 6 heteroatoms. The molecule has 0 bridgehead atoms. The number of piperidine rings is 1. The van der Waals surface area contributed by atoms with Crippen molar-refractivity contribution in [3.8, 4) is 0 Å². The highest BCUT2D eigenvalue weighted by atomic mass is 127. The van der Waals surface area contributed by atoms with Crippen LogP contribution in [0.1, 0.15) is 35.4 Å². The molecule has 1 aromatic carbocycles. The van der Waals surface area contributed by atoms with E-state index in [-0.39, 0.29) is 5.91 Å². The molecule has 1 saturated heterocycles. The standard InChI is InChI=1S/C17H19IN4O/c18-14-7-3-2-6-13(14)17(23)20-12-15-19-9-8-16(21-15)22-10-4-1-5-11-22/h2-3,6-9H,1,4-5,10-12H2,(H,20,23). The maximum absolute atomic E-state index is 12.2. The number of nitrogens with one attached hydrogen (secondary N) is 1. The van der Waals surface area contributed by atoms with Gasteiger partial charge in [0.1, 0.15) is 11.6 Å². The summed E-state index contributed by atoms with van der Waals surface area (Å²) in [6.07, 6.45) is 5.48. The zero-order chi connectivity index (χ0) is 16.1. The molecule has 0 spiro atoms. The number of nitrogens with zero attached hydrogens (tertiary/aromatic N) is 3. The molecule has 0 saturated carbocycles. The average Bonchev–Trinajstić information content (AvgIpc) is 2.61. The minimum absolute atomic E-state index is 0.0954. The van der Waals surface area contributed by atoms with Gasteiger partial charge >= 0.3 is 0 Å². The highest BCUT2D eigenvalue weighted by Crippen LogP contribution is 2.17. The summed E-state index contributed by atoms with van der Waals surface area (Å²) < 4.78 is 0.936. The van der Waals surface area contributed by atoms with E-state index < -0.39 is 0 Å². The lowest BCUT2D eigenvalue weighted by atomic mass is 10.1. The Labute approximate surface area is 149 Å². The van der Waals surface area contributed by atoms with Crippen LogP contribution in [-0.4, -0.2) is 29.0 Å². The zero-order valence-corrected chi connectivity index (χ0v) is 15.0. The van der Waals surface area contributed by atoms with Crippen molar-refractivity contribution < 1.29 is 4.79 Å². The van der Waals surface area contributed by atoms with Crippen LogP contribution >= 0.6 is 22.6 Å². The van der Waals surface area contributed by atoms with Gasteiger partial charge in [0.2, 0.25) is 0 Å². The fraction of sp³-hybridized carbons (Fsp3) is 0.353. The van der Waals surface area contributed by atoms with Gasteiger partial charge in [0.05, 0.1) is 12.1 Å². The first-order chi connectivity index (χ1) is 11.2. The van der Waals surface area contributed by atoms with Crippen LogP contribution in [0.2, 0.25) is 0 Å². The summed E-state index contributed by atoms with van der Waals surface area (Å²) in [5.41, 5.74) is 0.681. The quantitative estimate of drug-likeness (QED) is 0.770. The van der Waals surface area contributed by atoms with Gasteiger partial charge in [-0.2, -0.15) is 0 Å². The third kappa shape index (κ3) is 4.19. The summed E-state index contributed by atoms with van der Waals surface area (Å²) in [4.78, 5) is 23.4. The minimum atomic E-state index is -0.0954. The molecule has 23 heavy (non-hydrogen) atoms. The molecule has 5 nitrogen and oxygen atoms in total. The largest absolute Gasteiger partial charge is 0.357 e. The van der Waals surface area contributed by atoms with E-state index in [0.717, 1.165) is 22.5 Å². The van der Waals surface area contributed by atoms with Crippen LogP contribution in [0.5, 0.6) is 0 Å². The smallest absolute Gasteiger partial charge is 0.252 e. The molecule has 1 fully saturated rings. The Bertz CT molecular complexity index is 686. The molecule has 0 atom stereocenters. The summed E-state index contributed by atoms with van der Waals surface area (Å²) in [6, 6.07) is 9.47. The van der Waals surface area contributed by atoms with E-state index in [1.165, 1.54) is 19.3 Å². The Balaban J connectivity index is 1.64. The van der Waals surface area contributed by atoms with E-state index in [1.807, 2.05) is 30.3 Å². The molecule has 1 aromatic heterocycles. The van der Waals surface area contributed by atoms with Crippen molar-refractivity contribution in [3.05, 3.63) is 51.5 Å². The van der Waals surface area contributed by atoms with Crippen molar-refractivity contribution in [2.24, 2.45) is 0 Å². The molecule has 2 heterocycles. The Morgan fingerprint density at radius 2 is 1.96 bits per heavy atom. The number of anilines is 1. The molecule has 1 N–H and O–H groups in total. The molecular formula is C17H19IN4O. The van der Waals surface area contributed by atoms with Crippen LogP contribution in [-0.2, 0) is 6.54 Å². The van der Waals surface area contributed by atoms with Crippen LogP contribution < -0.4 is 10.2 Å². The van der Waals surface area contributed by atoms with Crippen molar-refractivity contribution >= 4 is 34.3 Å². The lowest BCUT2D eigenvalue weighted by Crippen LogP contribution is -2.31. The normalized spacial score (nSPS) is 14.6. The second kappa shape index (κ2) is 7.72. The molecule has 3 rings (SSSR count). The Kier molecular flexibility index (Phi) is 5.43. The van der Waals surface area contributed by atoms with Crippen LogP contribution in [0.4, 0.5) is 5.82 Å². The van der Waals surface area contributed by atoms with Crippen LogP contribution in [0, 0.1) is 3.57 Å². The first-order valence-corrected chi connectivity index (χ1v) is 8.91. The monoisotopic (exact) mass is 422 g/mol. The summed E-state index contributed by atoms with van der Waals surface area (Å²) in [5.74, 6) is 1.51. The number of aromatic nitrogens is 2. The lowest BCUT2D eigenvalue weighted by molar-refractivity contribution is 0.0949. The number of carbonyl (C=O) groups excluding carboxylic acids is 1. The number of amides is 1. The van der Waals surface area contributed by atoms with Gasteiger partial charge in [-0.25, -0.2) is 9.97 Å². The maximum Gasteiger partial charge on any atom is 0.252 e. The topological polar surface area (TPSA) is 58.1 Å². The highest BCUT2D eigenvalue weighted by Gasteiger charge is 2.13. The van der Waals surface area contributed by atoms with Gasteiger partial charge in [-0.3, -0.25) is 4.79 Å². The van der Waals surface area contributed by atoms with E-state index in [0.29, 0.717) is 17.9 Å². The molecule has 2 aromatic rings. The number of rotatable bonds is 4. The van der Waals surface area contributed by atoms with Gasteiger partial charge in [0, 0.05) is 22.9 Å². The van der Waals surface area contributed by atoms with E-state index in [1.54, 1.807) is 6.20 Å². The molecule has 0 radical (unpaired) electrons. The fourth-order valence-corrected chi connectivity index (χ4v) is 3.30. The highest BCUT2D eigenvalue weighted by molar-refractivity contribution is 14.1. The van der Waals surface area contributed by atoms with Gasteiger partial charge in [0.15, 0.2) is 0 Å². The van der Waals surface area contributed by atoms with Crippen molar-refractivity contribution in [2.45, 2.75) is 25.8 Å². The van der Waals surface area contributed by atoms with Crippen LogP contribution in [0.15, 0.2) is 36.5 Å². The van der Waals surface area contributed by atoms with E-state index >= 15 is 0 Å². The van der Waals surface area contributed by atoms with Crippen molar-refractivity contribution in [2.75, 3.05) is 18.0 Å². The SMILES string of the molecule is O=C(NCc1nccc(N2CCCCC2)n1)c1ccccc1I. The predicted octanol–water partition coefficient (Wildman–Crippen LogP) is 3.00. The van der Waals surface area contributed by atoms with Gasteiger partial charge in [-0.15, -0.1) is 0 Å². The molecule has 0 unspecified atom stereocenters. The van der Waals surface area contributed by atoms with E-state index in [4.69, 9.17) is 0 Å². The van der Waals surface area contributed by atoms with Gasteiger partial charge in [-0.1, -0.05) is 12.1 Å². The van der Waals surface area contributed by atoms with Gasteiger partial charge in [-0.05, 0) is 60.1 Å². The first kappa shape index (κ1) is 16.2. The molecular weight excluding hydrogens is 403 g/mol. The summed E-state index contributed by atoms with van der Waals surface area (Å²) >= 11 is 2.17. The fourth-order valence-electron chi connectivity index (χ4n) is 2.67.